The van der Waals surface area contributed by atoms with Crippen LogP contribution in [0, 0.1) is 6.92 Å². The zero-order valence-corrected chi connectivity index (χ0v) is 17.8. The zero-order chi connectivity index (χ0) is 20.8. The Morgan fingerprint density at radius 1 is 1.15 bits per heavy atom. The molecule has 1 heterocycles. The molecule has 152 valence electrons. The molecule has 0 aliphatic rings. The minimum Gasteiger partial charge on any atom is -0.444 e. The molecule has 0 aromatic carbocycles. The van der Waals surface area contributed by atoms with Crippen molar-refractivity contribution in [2.45, 2.75) is 79.1 Å². The smallest absolute Gasteiger partial charge is 0.407 e. The number of hydrogen-bond acceptors (Lipinski definition) is 5. The lowest BCUT2D eigenvalue weighted by molar-refractivity contribution is -0.121. The van der Waals surface area contributed by atoms with E-state index in [0.717, 1.165) is 17.0 Å². The lowest BCUT2D eigenvalue weighted by atomic mass is 10.1. The average Bonchev–Trinajstić information content (AvgIpc) is 2.47. The third-order valence-electron chi connectivity index (χ3n) is 3.55. The molecular weight excluding hydrogens is 344 g/mol. The minimum absolute atomic E-state index is 0.0175. The van der Waals surface area contributed by atoms with Crippen molar-refractivity contribution in [1.29, 1.82) is 0 Å². The fourth-order valence-corrected chi connectivity index (χ4v) is 2.48. The first-order chi connectivity index (χ1) is 12.3. The number of aryl methyl sites for hydroxylation is 1. The van der Waals surface area contributed by atoms with Crippen molar-refractivity contribution < 1.29 is 14.3 Å². The van der Waals surface area contributed by atoms with Crippen molar-refractivity contribution in [1.82, 2.24) is 20.9 Å². The predicted molar refractivity (Wildman–Crippen MR) is 106 cm³/mol. The number of carbonyl (C=O) groups excluding carboxylic acids is 2. The second-order valence-electron chi connectivity index (χ2n) is 8.73. The van der Waals surface area contributed by atoms with Gasteiger partial charge in [-0.25, -0.2) is 4.79 Å². The molecule has 0 saturated heterocycles. The van der Waals surface area contributed by atoms with Gasteiger partial charge in [-0.15, -0.1) is 0 Å². The molecule has 0 unspecified atom stereocenters. The molecule has 0 aliphatic carbocycles. The van der Waals surface area contributed by atoms with Crippen molar-refractivity contribution in [3.05, 3.63) is 29.1 Å². The van der Waals surface area contributed by atoms with Crippen molar-refractivity contribution in [3.63, 3.8) is 0 Å². The van der Waals surface area contributed by atoms with E-state index in [1.54, 1.807) is 0 Å². The van der Waals surface area contributed by atoms with E-state index in [-0.39, 0.29) is 24.0 Å². The van der Waals surface area contributed by atoms with Crippen LogP contribution in [0.4, 0.5) is 4.79 Å². The number of carbonyl (C=O) groups is 2. The van der Waals surface area contributed by atoms with Crippen LogP contribution in [-0.4, -0.2) is 34.7 Å². The summed E-state index contributed by atoms with van der Waals surface area (Å²) in [6.07, 6.45) is -0.467. The summed E-state index contributed by atoms with van der Waals surface area (Å²) in [7, 11) is 0. The van der Waals surface area contributed by atoms with E-state index < -0.39 is 11.7 Å². The SMILES string of the molecule is Cc1nc(CNC(=O)OC(C)(C)C)ccc1[C@@H](C)NCC(=O)NC(C)(C)C. The van der Waals surface area contributed by atoms with Gasteiger partial charge in [0.15, 0.2) is 0 Å². The number of hydrogen-bond donors (Lipinski definition) is 3. The second-order valence-corrected chi connectivity index (χ2v) is 8.73. The number of rotatable bonds is 6. The van der Waals surface area contributed by atoms with E-state index in [1.807, 2.05) is 67.5 Å². The summed E-state index contributed by atoms with van der Waals surface area (Å²) >= 11 is 0. The van der Waals surface area contributed by atoms with E-state index in [9.17, 15) is 9.59 Å². The van der Waals surface area contributed by atoms with Gasteiger partial charge in [0.05, 0.1) is 18.8 Å². The lowest BCUT2D eigenvalue weighted by Gasteiger charge is -2.22. The van der Waals surface area contributed by atoms with Crippen LogP contribution >= 0.6 is 0 Å². The van der Waals surface area contributed by atoms with E-state index in [2.05, 4.69) is 20.9 Å². The minimum atomic E-state index is -0.530. The first-order valence-electron chi connectivity index (χ1n) is 9.24. The van der Waals surface area contributed by atoms with E-state index in [0.29, 0.717) is 6.54 Å². The topological polar surface area (TPSA) is 92.3 Å². The highest BCUT2D eigenvalue weighted by atomic mass is 16.6. The second kappa shape index (κ2) is 9.17. The van der Waals surface area contributed by atoms with Crippen LogP contribution in [0.1, 0.15) is 71.5 Å². The van der Waals surface area contributed by atoms with Crippen molar-refractivity contribution in [3.8, 4) is 0 Å². The Bertz CT molecular complexity index is 660. The molecule has 3 N–H and O–H groups in total. The molecule has 2 amide bonds. The standard InChI is InChI=1S/C20H34N4O3/c1-13(21-12-17(25)24-19(3,4)5)16-10-9-15(23-14(16)2)11-22-18(26)27-20(6,7)8/h9-10,13,21H,11-12H2,1-8H3,(H,22,26)(H,24,25)/t13-/m1/s1. The van der Waals surface area contributed by atoms with Gasteiger partial charge in [-0.05, 0) is 67.0 Å². The van der Waals surface area contributed by atoms with Gasteiger partial charge in [-0.1, -0.05) is 6.07 Å². The number of aromatic nitrogens is 1. The van der Waals surface area contributed by atoms with Crippen LogP contribution < -0.4 is 16.0 Å². The van der Waals surface area contributed by atoms with E-state index >= 15 is 0 Å². The van der Waals surface area contributed by atoms with Gasteiger partial charge >= 0.3 is 6.09 Å². The van der Waals surface area contributed by atoms with Gasteiger partial charge < -0.3 is 20.7 Å². The molecule has 7 heteroatoms. The van der Waals surface area contributed by atoms with Gasteiger partial charge in [0.25, 0.3) is 0 Å². The summed E-state index contributed by atoms with van der Waals surface area (Å²) in [5, 5.41) is 8.84. The van der Waals surface area contributed by atoms with Crippen LogP contribution in [0.3, 0.4) is 0 Å². The van der Waals surface area contributed by atoms with Gasteiger partial charge in [-0.3, -0.25) is 9.78 Å². The highest BCUT2D eigenvalue weighted by molar-refractivity contribution is 5.78. The number of ether oxygens (including phenoxy) is 1. The first-order valence-corrected chi connectivity index (χ1v) is 9.24. The average molecular weight is 379 g/mol. The van der Waals surface area contributed by atoms with Crippen LogP contribution in [-0.2, 0) is 16.1 Å². The summed E-state index contributed by atoms with van der Waals surface area (Å²) < 4.78 is 5.21. The molecule has 27 heavy (non-hydrogen) atoms. The molecule has 1 aromatic heterocycles. The Morgan fingerprint density at radius 2 is 1.78 bits per heavy atom. The largest absolute Gasteiger partial charge is 0.444 e. The third kappa shape index (κ3) is 9.38. The number of nitrogens with zero attached hydrogens (tertiary/aromatic N) is 1. The summed E-state index contributed by atoms with van der Waals surface area (Å²) in [5.41, 5.74) is 1.84. The maximum atomic E-state index is 11.9. The Balaban J connectivity index is 2.59. The molecule has 0 bridgehead atoms. The molecule has 7 nitrogen and oxygen atoms in total. The molecule has 1 rings (SSSR count). The summed E-state index contributed by atoms with van der Waals surface area (Å²) in [5.74, 6) is -0.0434. The van der Waals surface area contributed by atoms with Gasteiger partial charge in [0, 0.05) is 17.3 Å². The van der Waals surface area contributed by atoms with Gasteiger partial charge in [0.1, 0.15) is 5.60 Å². The van der Waals surface area contributed by atoms with Crippen LogP contribution in [0.2, 0.25) is 0 Å². The molecule has 0 saturated carbocycles. The number of pyridine rings is 1. The molecule has 0 fully saturated rings. The van der Waals surface area contributed by atoms with E-state index in [1.165, 1.54) is 0 Å². The molecular formula is C20H34N4O3. The summed E-state index contributed by atoms with van der Waals surface area (Å²) in [4.78, 5) is 28.2. The fourth-order valence-electron chi connectivity index (χ4n) is 2.48. The van der Waals surface area contributed by atoms with Gasteiger partial charge in [0.2, 0.25) is 5.91 Å². The summed E-state index contributed by atoms with van der Waals surface area (Å²) in [6, 6.07) is 3.82. The molecule has 1 aromatic rings. The number of nitrogens with one attached hydrogen (secondary N) is 3. The van der Waals surface area contributed by atoms with Gasteiger partial charge in [-0.2, -0.15) is 0 Å². The maximum Gasteiger partial charge on any atom is 0.407 e. The highest BCUT2D eigenvalue weighted by Gasteiger charge is 2.17. The van der Waals surface area contributed by atoms with Crippen LogP contribution in [0.5, 0.6) is 0 Å². The Labute approximate surface area is 162 Å². The monoisotopic (exact) mass is 378 g/mol. The number of amides is 2. The zero-order valence-electron chi connectivity index (χ0n) is 17.8. The Hall–Kier alpha value is -2.15. The Morgan fingerprint density at radius 3 is 2.30 bits per heavy atom. The fraction of sp³-hybridized carbons (Fsp3) is 0.650. The molecule has 0 radical (unpaired) electrons. The predicted octanol–water partition coefficient (Wildman–Crippen LogP) is 2.98. The van der Waals surface area contributed by atoms with Crippen LogP contribution in [0.15, 0.2) is 12.1 Å². The van der Waals surface area contributed by atoms with Crippen molar-refractivity contribution >= 4 is 12.0 Å². The molecule has 0 aliphatic heterocycles. The first kappa shape index (κ1) is 22.9. The van der Waals surface area contributed by atoms with Crippen LogP contribution in [0.25, 0.3) is 0 Å². The Kier molecular flexibility index (Phi) is 7.77. The highest BCUT2D eigenvalue weighted by Crippen LogP contribution is 2.16. The molecule has 0 spiro atoms. The number of alkyl carbamates (subject to hydrolysis) is 1. The third-order valence-corrected chi connectivity index (χ3v) is 3.55. The normalized spacial score (nSPS) is 13.0. The van der Waals surface area contributed by atoms with Crippen molar-refractivity contribution in [2.24, 2.45) is 0 Å². The van der Waals surface area contributed by atoms with E-state index in [4.69, 9.17) is 4.74 Å². The quantitative estimate of drug-likeness (QED) is 0.708. The summed E-state index contributed by atoms with van der Waals surface area (Å²) in [6.45, 7) is 15.8. The molecule has 1 atom stereocenters. The van der Waals surface area contributed by atoms with Crippen molar-refractivity contribution in [2.75, 3.05) is 6.54 Å². The lowest BCUT2D eigenvalue weighted by Crippen LogP contribution is -2.45. The maximum absolute atomic E-state index is 11.9.